The van der Waals surface area contributed by atoms with Crippen LogP contribution in [0.25, 0.3) is 11.1 Å². The lowest BCUT2D eigenvalue weighted by atomic mass is 10.0. The van der Waals surface area contributed by atoms with Crippen molar-refractivity contribution in [2.24, 2.45) is 4.99 Å². The molecule has 2 N–H and O–H groups in total. The molecule has 2 aromatic carbocycles. The van der Waals surface area contributed by atoms with Crippen LogP contribution in [-0.4, -0.2) is 95.1 Å². The van der Waals surface area contributed by atoms with Crippen molar-refractivity contribution in [1.29, 1.82) is 0 Å². The van der Waals surface area contributed by atoms with E-state index in [-0.39, 0.29) is 5.84 Å². The van der Waals surface area contributed by atoms with Gasteiger partial charge in [-0.2, -0.15) is 0 Å². The smallest absolute Gasteiger partial charge is 0.413 e. The van der Waals surface area contributed by atoms with Crippen LogP contribution in [0, 0.1) is 0 Å². The Bertz CT molecular complexity index is 1440. The molecule has 0 spiro atoms. The summed E-state index contributed by atoms with van der Waals surface area (Å²) in [7, 11) is 2.44. The van der Waals surface area contributed by atoms with E-state index in [1.165, 1.54) is 41.2 Å². The minimum Gasteiger partial charge on any atom is -0.468 e. The summed E-state index contributed by atoms with van der Waals surface area (Å²) in [5.74, 6) is -1.29. The van der Waals surface area contributed by atoms with Crippen molar-refractivity contribution in [1.82, 2.24) is 20.0 Å². The van der Waals surface area contributed by atoms with Gasteiger partial charge in [-0.15, -0.1) is 0 Å². The van der Waals surface area contributed by atoms with Gasteiger partial charge in [0.05, 0.1) is 20.3 Å². The number of methoxy groups -OCH3 is 2. The fraction of sp³-hybridized carbons (Fsp3) is 0.387. The first kappa shape index (κ1) is 32.0. The number of hydrogen-bond acceptors (Lipinski definition) is 10. The van der Waals surface area contributed by atoms with Gasteiger partial charge in [0.1, 0.15) is 30.7 Å². The van der Waals surface area contributed by atoms with Crippen molar-refractivity contribution >= 4 is 29.9 Å². The number of fused-ring (bicyclic) bond motifs is 3. The van der Waals surface area contributed by atoms with Crippen molar-refractivity contribution in [2.75, 3.05) is 27.3 Å². The van der Waals surface area contributed by atoms with Gasteiger partial charge in [0.25, 0.3) is 0 Å². The van der Waals surface area contributed by atoms with Crippen LogP contribution in [0.2, 0.25) is 0 Å². The Balaban J connectivity index is 1.60. The van der Waals surface area contributed by atoms with Crippen LogP contribution < -0.4 is 5.32 Å². The average molecular weight is 608 g/mol. The van der Waals surface area contributed by atoms with E-state index in [0.717, 1.165) is 22.3 Å². The number of rotatable bonds is 7. The van der Waals surface area contributed by atoms with Gasteiger partial charge < -0.3 is 29.1 Å². The molecule has 0 fully saturated rings. The Morgan fingerprint density at radius 1 is 1.00 bits per heavy atom. The molecule has 0 saturated carbocycles. The number of carbonyl (C=O) groups excluding carboxylic acids is 4. The van der Waals surface area contributed by atoms with E-state index >= 15 is 0 Å². The van der Waals surface area contributed by atoms with E-state index in [0.29, 0.717) is 0 Å². The topological polar surface area (TPSA) is 150 Å². The lowest BCUT2D eigenvalue weighted by Crippen LogP contribution is -2.56. The van der Waals surface area contributed by atoms with E-state index < -0.39 is 61.3 Å². The molecule has 2 aliphatic rings. The highest BCUT2D eigenvalue weighted by atomic mass is 16.6. The summed E-state index contributed by atoms with van der Waals surface area (Å²) in [4.78, 5) is 59.7. The summed E-state index contributed by atoms with van der Waals surface area (Å²) in [6.07, 6.45) is -1.23. The van der Waals surface area contributed by atoms with Gasteiger partial charge in [0.15, 0.2) is 0 Å². The van der Waals surface area contributed by atoms with Crippen LogP contribution in [0.3, 0.4) is 0 Å². The van der Waals surface area contributed by atoms with Crippen LogP contribution in [0.1, 0.15) is 44.9 Å². The summed E-state index contributed by atoms with van der Waals surface area (Å²) < 4.78 is 15.3. The second-order valence-electron chi connectivity index (χ2n) is 11.2. The van der Waals surface area contributed by atoms with E-state index in [2.05, 4.69) is 10.3 Å². The molecule has 1 heterocycles. The molecule has 0 bridgehead atoms. The van der Waals surface area contributed by atoms with Crippen molar-refractivity contribution in [3.63, 3.8) is 0 Å². The predicted molar refractivity (Wildman–Crippen MR) is 160 cm³/mol. The maximum atomic E-state index is 13.8. The van der Waals surface area contributed by atoms with Gasteiger partial charge in [0, 0.05) is 6.20 Å². The monoisotopic (exact) mass is 607 g/mol. The Labute approximate surface area is 255 Å². The molecule has 4 rings (SSSR count). The van der Waals surface area contributed by atoms with Gasteiger partial charge in [0.2, 0.25) is 12.3 Å². The van der Waals surface area contributed by atoms with Crippen molar-refractivity contribution < 1.29 is 38.5 Å². The molecule has 0 aromatic heterocycles. The molecule has 44 heavy (non-hydrogen) atoms. The first-order valence-corrected chi connectivity index (χ1v) is 13.9. The fourth-order valence-corrected chi connectivity index (χ4v) is 5.14. The average Bonchev–Trinajstić information content (AvgIpc) is 3.30. The first-order chi connectivity index (χ1) is 20.8. The zero-order chi connectivity index (χ0) is 32.2. The quantitative estimate of drug-likeness (QED) is 0.275. The van der Waals surface area contributed by atoms with Gasteiger partial charge >= 0.3 is 18.2 Å². The number of amides is 3. The number of benzene rings is 2. The normalized spacial score (nSPS) is 16.2. The zero-order valence-corrected chi connectivity index (χ0v) is 25.5. The van der Waals surface area contributed by atoms with Crippen LogP contribution in [0.4, 0.5) is 9.59 Å². The number of aliphatic imine (C=N–C) groups is 1. The number of carbonyl (C=O) groups is 4. The van der Waals surface area contributed by atoms with Crippen LogP contribution in [0.15, 0.2) is 65.8 Å². The Kier molecular flexibility index (Phi) is 9.58. The number of esters is 1. The maximum absolute atomic E-state index is 13.8. The van der Waals surface area contributed by atoms with Gasteiger partial charge in [-0.3, -0.25) is 19.8 Å². The van der Waals surface area contributed by atoms with Crippen LogP contribution in [0.5, 0.6) is 0 Å². The molecule has 13 heteroatoms. The lowest BCUT2D eigenvalue weighted by molar-refractivity contribution is -0.152. The number of alkyl carbamates (subject to hydrolysis) is 1. The number of hydrogen-bond donors (Lipinski definition) is 2. The van der Waals surface area contributed by atoms with E-state index in [4.69, 9.17) is 14.2 Å². The number of nitrogens with zero attached hydrogens (tertiary/aromatic N) is 4. The number of nitrogens with one attached hydrogen (secondary N) is 1. The Morgan fingerprint density at radius 2 is 1.59 bits per heavy atom. The van der Waals surface area contributed by atoms with Crippen molar-refractivity contribution in [2.45, 2.75) is 51.9 Å². The third-order valence-electron chi connectivity index (χ3n) is 7.09. The third-order valence-corrected chi connectivity index (χ3v) is 7.09. The van der Waals surface area contributed by atoms with Crippen LogP contribution >= 0.6 is 0 Å². The van der Waals surface area contributed by atoms with Gasteiger partial charge in [-0.05, 0) is 56.0 Å². The van der Waals surface area contributed by atoms with Crippen LogP contribution in [-0.2, 0) is 23.8 Å². The molecule has 13 nitrogen and oxygen atoms in total. The number of aliphatic hydroxyl groups is 1. The van der Waals surface area contributed by atoms with E-state index in [9.17, 15) is 24.3 Å². The standard InChI is InChI=1S/C31H37N5O8/c1-19(36(30(41)43-6)27-22-13-9-7-11-20(22)21-12-8-10-14-23(21)27)35(18-26(38)42-5)25(37)17-34-16-15-24(32-28(34)39)33-29(40)44-31(2,3)4/h7-16,19,27-28,39H,17-18H2,1-6H3,(H,32,33,40). The minimum absolute atomic E-state index is 0.0330. The molecule has 0 saturated heterocycles. The molecule has 234 valence electrons. The molecule has 2 unspecified atom stereocenters. The Hall–Kier alpha value is -4.91. The van der Waals surface area contributed by atoms with Gasteiger partial charge in [-0.25, -0.2) is 14.6 Å². The predicted octanol–water partition coefficient (Wildman–Crippen LogP) is 3.20. The zero-order valence-electron chi connectivity index (χ0n) is 25.5. The number of ether oxygens (including phenoxy) is 3. The highest BCUT2D eigenvalue weighted by Crippen LogP contribution is 2.47. The summed E-state index contributed by atoms with van der Waals surface area (Å²) in [5.41, 5.74) is 2.82. The molecule has 1 aliphatic carbocycles. The molecule has 2 aromatic rings. The Morgan fingerprint density at radius 3 is 2.11 bits per heavy atom. The van der Waals surface area contributed by atoms with E-state index in [1.807, 2.05) is 48.5 Å². The molecule has 3 amide bonds. The van der Waals surface area contributed by atoms with Crippen molar-refractivity contribution in [3.05, 3.63) is 71.9 Å². The molecular formula is C31H37N5O8. The molecule has 0 radical (unpaired) electrons. The largest absolute Gasteiger partial charge is 0.468 e. The highest BCUT2D eigenvalue weighted by molar-refractivity contribution is 6.02. The summed E-state index contributed by atoms with van der Waals surface area (Å²) in [6.45, 7) is 5.84. The first-order valence-electron chi connectivity index (χ1n) is 13.9. The number of amidine groups is 1. The summed E-state index contributed by atoms with van der Waals surface area (Å²) >= 11 is 0. The number of aliphatic hydroxyl groups excluding tert-OH is 1. The highest BCUT2D eigenvalue weighted by Gasteiger charge is 2.42. The SMILES string of the molecule is COC(=O)CN(C(=O)CN1C=CC(NC(=O)OC(C)(C)C)=NC1O)C(C)N(C(=O)OC)C1c2ccccc2-c2ccccc21. The van der Waals surface area contributed by atoms with Gasteiger partial charge in [-0.1, -0.05) is 48.5 Å². The summed E-state index contributed by atoms with van der Waals surface area (Å²) in [6, 6.07) is 14.7. The second-order valence-corrected chi connectivity index (χ2v) is 11.2. The molecule has 2 atom stereocenters. The maximum Gasteiger partial charge on any atom is 0.413 e. The lowest BCUT2D eigenvalue weighted by Gasteiger charge is -2.40. The van der Waals surface area contributed by atoms with Crippen molar-refractivity contribution in [3.8, 4) is 11.1 Å². The fourth-order valence-electron chi connectivity index (χ4n) is 5.14. The van der Waals surface area contributed by atoms with E-state index in [1.54, 1.807) is 27.7 Å². The molecule has 1 aliphatic heterocycles. The third kappa shape index (κ3) is 7.00. The minimum atomic E-state index is -1.53. The second kappa shape index (κ2) is 13.2. The summed E-state index contributed by atoms with van der Waals surface area (Å²) in [5, 5.41) is 13.1. The molecular weight excluding hydrogens is 570 g/mol.